The molecule has 0 aliphatic carbocycles. The highest BCUT2D eigenvalue weighted by molar-refractivity contribution is 7.15. The van der Waals surface area contributed by atoms with Crippen molar-refractivity contribution >= 4 is 22.4 Å². The molecule has 7 heteroatoms. The van der Waals surface area contributed by atoms with Crippen LogP contribution in [0.1, 0.15) is 15.4 Å². The maximum atomic E-state index is 12.2. The van der Waals surface area contributed by atoms with Crippen LogP contribution in [-0.2, 0) is 0 Å². The van der Waals surface area contributed by atoms with E-state index in [2.05, 4.69) is 15.5 Å². The van der Waals surface area contributed by atoms with E-state index >= 15 is 0 Å². The van der Waals surface area contributed by atoms with Gasteiger partial charge in [-0.25, -0.2) is 0 Å². The highest BCUT2D eigenvalue weighted by atomic mass is 32.1. The molecule has 0 saturated heterocycles. The maximum absolute atomic E-state index is 12.2. The second-order valence-electron chi connectivity index (χ2n) is 3.65. The third-order valence-electron chi connectivity index (χ3n) is 2.40. The number of amides is 1. The number of ether oxygens (including phenoxy) is 2. The quantitative estimate of drug-likeness (QED) is 0.928. The van der Waals surface area contributed by atoms with Gasteiger partial charge in [0.1, 0.15) is 16.5 Å². The number of anilines is 1. The van der Waals surface area contributed by atoms with Crippen LogP contribution < -0.4 is 14.8 Å². The Morgan fingerprint density at radius 1 is 1.26 bits per heavy atom. The van der Waals surface area contributed by atoms with Gasteiger partial charge in [-0.05, 0) is 25.1 Å². The summed E-state index contributed by atoms with van der Waals surface area (Å²) in [7, 11) is 3.05. The Kier molecular flexibility index (Phi) is 3.96. The van der Waals surface area contributed by atoms with Crippen molar-refractivity contribution in [3.8, 4) is 11.5 Å². The summed E-state index contributed by atoms with van der Waals surface area (Å²) in [6.45, 7) is 1.82. The minimum Gasteiger partial charge on any atom is -0.497 e. The number of hydrogen-bond donors (Lipinski definition) is 1. The number of carbonyl (C=O) groups is 1. The van der Waals surface area contributed by atoms with Crippen molar-refractivity contribution < 1.29 is 14.3 Å². The summed E-state index contributed by atoms with van der Waals surface area (Å²) < 4.78 is 10.3. The number of nitrogens with one attached hydrogen (secondary N) is 1. The Morgan fingerprint density at radius 3 is 2.63 bits per heavy atom. The molecule has 1 aromatic heterocycles. The molecule has 1 amide bonds. The molecule has 0 atom stereocenters. The minimum absolute atomic E-state index is 0.313. The van der Waals surface area contributed by atoms with Gasteiger partial charge in [0.05, 0.1) is 19.8 Å². The molecule has 1 N–H and O–H groups in total. The zero-order chi connectivity index (χ0) is 13.8. The Morgan fingerprint density at radius 2 is 2.05 bits per heavy atom. The molecular weight excluding hydrogens is 266 g/mol. The maximum Gasteiger partial charge on any atom is 0.261 e. The molecule has 0 aliphatic rings. The lowest BCUT2D eigenvalue weighted by Crippen LogP contribution is -2.13. The van der Waals surface area contributed by atoms with Gasteiger partial charge in [0.15, 0.2) is 0 Å². The van der Waals surface area contributed by atoms with E-state index in [0.717, 1.165) is 5.01 Å². The number of aryl methyl sites for hydroxylation is 1. The molecule has 1 aromatic carbocycles. The van der Waals surface area contributed by atoms with Gasteiger partial charge in [0.2, 0.25) is 5.13 Å². The van der Waals surface area contributed by atoms with Gasteiger partial charge in [-0.3, -0.25) is 10.1 Å². The number of methoxy groups -OCH3 is 2. The molecule has 2 rings (SSSR count). The molecule has 19 heavy (non-hydrogen) atoms. The van der Waals surface area contributed by atoms with Crippen LogP contribution in [0.5, 0.6) is 11.5 Å². The second kappa shape index (κ2) is 5.66. The van der Waals surface area contributed by atoms with Crippen LogP contribution in [0.15, 0.2) is 18.2 Å². The van der Waals surface area contributed by atoms with Crippen LogP contribution in [0.2, 0.25) is 0 Å². The van der Waals surface area contributed by atoms with Gasteiger partial charge in [-0.15, -0.1) is 10.2 Å². The molecule has 0 fully saturated rings. The zero-order valence-electron chi connectivity index (χ0n) is 10.8. The second-order valence-corrected chi connectivity index (χ2v) is 4.83. The molecule has 0 aliphatic heterocycles. The Bertz CT molecular complexity index is 598. The van der Waals surface area contributed by atoms with Gasteiger partial charge < -0.3 is 9.47 Å². The van der Waals surface area contributed by atoms with Crippen molar-refractivity contribution in [2.75, 3.05) is 19.5 Å². The highest BCUT2D eigenvalue weighted by Crippen LogP contribution is 2.25. The SMILES string of the molecule is COc1ccc(OC)c(C(=O)Nc2nnc(C)s2)c1. The fourth-order valence-electron chi connectivity index (χ4n) is 1.50. The molecule has 6 nitrogen and oxygen atoms in total. The van der Waals surface area contributed by atoms with Crippen molar-refractivity contribution in [2.45, 2.75) is 6.92 Å². The molecule has 100 valence electrons. The molecule has 0 bridgehead atoms. The third-order valence-corrected chi connectivity index (χ3v) is 3.15. The van der Waals surface area contributed by atoms with Crippen LogP contribution in [0.25, 0.3) is 0 Å². The summed E-state index contributed by atoms with van der Waals surface area (Å²) in [6, 6.07) is 5.02. The Balaban J connectivity index is 2.26. The number of rotatable bonds is 4. The van der Waals surface area contributed by atoms with E-state index in [1.807, 2.05) is 6.92 Å². The molecule has 0 unspecified atom stereocenters. The fraction of sp³-hybridized carbons (Fsp3) is 0.250. The Labute approximate surface area is 114 Å². The lowest BCUT2D eigenvalue weighted by molar-refractivity contribution is 0.102. The summed E-state index contributed by atoms with van der Waals surface area (Å²) in [5.74, 6) is 0.742. The average molecular weight is 279 g/mol. The minimum atomic E-state index is -0.313. The van der Waals surface area contributed by atoms with Crippen molar-refractivity contribution in [1.82, 2.24) is 10.2 Å². The molecule has 0 saturated carbocycles. The van der Waals surface area contributed by atoms with Crippen LogP contribution in [0, 0.1) is 6.92 Å². The molecule has 0 spiro atoms. The lowest BCUT2D eigenvalue weighted by Gasteiger charge is -2.09. The van der Waals surface area contributed by atoms with E-state index in [4.69, 9.17) is 9.47 Å². The summed E-state index contributed by atoms with van der Waals surface area (Å²) in [5, 5.41) is 11.6. The predicted octanol–water partition coefficient (Wildman–Crippen LogP) is 2.12. The number of aromatic nitrogens is 2. The summed E-state index contributed by atoms with van der Waals surface area (Å²) in [4.78, 5) is 12.2. The van der Waals surface area contributed by atoms with Gasteiger partial charge in [0, 0.05) is 0 Å². The first-order valence-corrected chi connectivity index (χ1v) is 6.29. The van der Waals surface area contributed by atoms with E-state index in [0.29, 0.717) is 22.2 Å². The van der Waals surface area contributed by atoms with Crippen LogP contribution in [0.3, 0.4) is 0 Å². The molecular formula is C12H13N3O3S. The van der Waals surface area contributed by atoms with E-state index in [1.165, 1.54) is 25.6 Å². The van der Waals surface area contributed by atoms with Crippen molar-refractivity contribution in [2.24, 2.45) is 0 Å². The zero-order valence-corrected chi connectivity index (χ0v) is 11.6. The van der Waals surface area contributed by atoms with Crippen LogP contribution >= 0.6 is 11.3 Å². The molecule has 1 heterocycles. The van der Waals surface area contributed by atoms with Crippen molar-refractivity contribution in [3.63, 3.8) is 0 Å². The van der Waals surface area contributed by atoms with Crippen molar-refractivity contribution in [1.29, 1.82) is 0 Å². The molecule has 2 aromatic rings. The first kappa shape index (κ1) is 13.3. The number of hydrogen-bond acceptors (Lipinski definition) is 6. The standard InChI is InChI=1S/C12H13N3O3S/c1-7-14-15-12(19-7)13-11(16)9-6-8(17-2)4-5-10(9)18-3/h4-6H,1-3H3,(H,13,15,16). The summed E-state index contributed by atoms with van der Waals surface area (Å²) in [5.41, 5.74) is 0.384. The smallest absolute Gasteiger partial charge is 0.261 e. The van der Waals surface area contributed by atoms with Crippen LogP contribution in [-0.4, -0.2) is 30.3 Å². The number of benzene rings is 1. The van der Waals surface area contributed by atoms with E-state index in [1.54, 1.807) is 18.2 Å². The summed E-state index contributed by atoms with van der Waals surface area (Å²) in [6.07, 6.45) is 0. The van der Waals surface area contributed by atoms with Gasteiger partial charge in [0.25, 0.3) is 5.91 Å². The Hall–Kier alpha value is -2.15. The van der Waals surface area contributed by atoms with Gasteiger partial charge in [-0.2, -0.15) is 0 Å². The van der Waals surface area contributed by atoms with Gasteiger partial charge >= 0.3 is 0 Å². The predicted molar refractivity (Wildman–Crippen MR) is 72.1 cm³/mol. The van der Waals surface area contributed by atoms with Crippen LogP contribution in [0.4, 0.5) is 5.13 Å². The lowest BCUT2D eigenvalue weighted by atomic mass is 10.2. The topological polar surface area (TPSA) is 73.3 Å². The highest BCUT2D eigenvalue weighted by Gasteiger charge is 2.15. The third kappa shape index (κ3) is 3.00. The van der Waals surface area contributed by atoms with E-state index in [-0.39, 0.29) is 5.91 Å². The van der Waals surface area contributed by atoms with E-state index in [9.17, 15) is 4.79 Å². The fourth-order valence-corrected chi connectivity index (χ4v) is 2.09. The van der Waals surface area contributed by atoms with E-state index < -0.39 is 0 Å². The van der Waals surface area contributed by atoms with Crippen molar-refractivity contribution in [3.05, 3.63) is 28.8 Å². The van der Waals surface area contributed by atoms with Gasteiger partial charge in [-0.1, -0.05) is 11.3 Å². The monoisotopic (exact) mass is 279 g/mol. The number of carbonyl (C=O) groups excluding carboxylic acids is 1. The normalized spacial score (nSPS) is 10.1. The largest absolute Gasteiger partial charge is 0.497 e. The average Bonchev–Trinajstić information content (AvgIpc) is 2.83. The first-order valence-electron chi connectivity index (χ1n) is 5.47. The number of nitrogens with zero attached hydrogens (tertiary/aromatic N) is 2. The first-order chi connectivity index (χ1) is 9.13. The molecule has 0 radical (unpaired) electrons. The summed E-state index contributed by atoms with van der Waals surface area (Å²) >= 11 is 1.31.